The molecule has 1 N–H and O–H groups in total. The van der Waals surface area contributed by atoms with Gasteiger partial charge in [0, 0.05) is 19.3 Å². The van der Waals surface area contributed by atoms with Crippen molar-refractivity contribution in [3.63, 3.8) is 0 Å². The van der Waals surface area contributed by atoms with Gasteiger partial charge in [-0.15, -0.1) is 0 Å². The highest BCUT2D eigenvalue weighted by Crippen LogP contribution is 2.13. The fourth-order valence-electron chi connectivity index (χ4n) is 2.25. The Morgan fingerprint density at radius 1 is 1.04 bits per heavy atom. The molecule has 0 aliphatic heterocycles. The summed E-state index contributed by atoms with van der Waals surface area (Å²) in [7, 11) is 1.60. The molecule has 0 radical (unpaired) electrons. The smallest absolute Gasteiger partial charge is 0.321 e. The second-order valence-corrected chi connectivity index (χ2v) is 5.48. The largest absolute Gasteiger partial charge is 0.323 e. The molecular weight excluding hydrogens is 298 g/mol. The van der Waals surface area contributed by atoms with Crippen LogP contribution in [0.5, 0.6) is 0 Å². The van der Waals surface area contributed by atoms with Crippen molar-refractivity contribution in [2.24, 2.45) is 0 Å². The van der Waals surface area contributed by atoms with Crippen molar-refractivity contribution in [1.29, 1.82) is 0 Å². The minimum Gasteiger partial charge on any atom is -0.323 e. The molecule has 23 heavy (non-hydrogen) atoms. The highest BCUT2D eigenvalue weighted by atomic mass is 19.2. The lowest BCUT2D eigenvalue weighted by Gasteiger charge is -2.18. The summed E-state index contributed by atoms with van der Waals surface area (Å²) < 4.78 is 26.1. The molecule has 122 valence electrons. The fourth-order valence-corrected chi connectivity index (χ4v) is 2.25. The zero-order valence-corrected chi connectivity index (χ0v) is 13.3. The predicted octanol–water partition coefficient (Wildman–Crippen LogP) is 4.58. The number of carbonyl (C=O) groups is 1. The third-order valence-corrected chi connectivity index (χ3v) is 3.49. The molecule has 0 bridgehead atoms. The predicted molar refractivity (Wildman–Crippen MR) is 87.3 cm³/mol. The van der Waals surface area contributed by atoms with Gasteiger partial charge in [-0.05, 0) is 41.8 Å². The summed E-state index contributed by atoms with van der Waals surface area (Å²) in [5.74, 6) is -1.81. The number of nitrogens with one attached hydrogen (secondary N) is 1. The summed E-state index contributed by atoms with van der Waals surface area (Å²) in [5, 5.41) is 2.78. The topological polar surface area (TPSA) is 32.3 Å². The lowest BCUT2D eigenvalue weighted by atomic mass is 10.1. The molecule has 2 aromatic rings. The standard InChI is InChI=1S/C18H20F2N2O/c1-3-4-13-5-8-15(9-6-13)21-18(23)22(2)12-14-7-10-16(19)17(20)11-14/h5-11H,3-4,12H2,1-2H3,(H,21,23). The number of nitrogens with zero attached hydrogens (tertiary/aromatic N) is 1. The van der Waals surface area contributed by atoms with E-state index in [1.165, 1.54) is 16.5 Å². The average Bonchev–Trinajstić information content (AvgIpc) is 2.53. The van der Waals surface area contributed by atoms with E-state index in [9.17, 15) is 13.6 Å². The normalized spacial score (nSPS) is 10.4. The van der Waals surface area contributed by atoms with Crippen LogP contribution in [-0.4, -0.2) is 18.0 Å². The van der Waals surface area contributed by atoms with Crippen LogP contribution in [0.1, 0.15) is 24.5 Å². The molecule has 0 saturated carbocycles. The highest BCUT2D eigenvalue weighted by Gasteiger charge is 2.11. The Hall–Kier alpha value is -2.43. The lowest BCUT2D eigenvalue weighted by molar-refractivity contribution is 0.220. The second kappa shape index (κ2) is 7.72. The molecule has 0 fully saturated rings. The molecule has 0 spiro atoms. The van der Waals surface area contributed by atoms with Crippen LogP contribution < -0.4 is 5.32 Å². The van der Waals surface area contributed by atoms with E-state index in [-0.39, 0.29) is 12.6 Å². The van der Waals surface area contributed by atoms with Gasteiger partial charge in [-0.3, -0.25) is 0 Å². The van der Waals surface area contributed by atoms with Gasteiger partial charge in [0.05, 0.1) is 0 Å². The van der Waals surface area contributed by atoms with Crippen LogP contribution in [0.4, 0.5) is 19.3 Å². The van der Waals surface area contributed by atoms with Gasteiger partial charge in [0.15, 0.2) is 11.6 Å². The van der Waals surface area contributed by atoms with E-state index in [1.54, 1.807) is 7.05 Å². The molecule has 0 heterocycles. The lowest BCUT2D eigenvalue weighted by Crippen LogP contribution is -2.30. The van der Waals surface area contributed by atoms with Gasteiger partial charge in [-0.1, -0.05) is 31.5 Å². The first-order valence-electron chi connectivity index (χ1n) is 7.54. The molecular formula is C18H20F2N2O. The van der Waals surface area contributed by atoms with Gasteiger partial charge < -0.3 is 10.2 Å². The van der Waals surface area contributed by atoms with E-state index in [0.29, 0.717) is 11.3 Å². The SMILES string of the molecule is CCCc1ccc(NC(=O)N(C)Cc2ccc(F)c(F)c2)cc1. The van der Waals surface area contributed by atoms with Crippen molar-refractivity contribution in [3.05, 3.63) is 65.2 Å². The molecule has 0 atom stereocenters. The monoisotopic (exact) mass is 318 g/mol. The van der Waals surface area contributed by atoms with Crippen LogP contribution >= 0.6 is 0 Å². The number of hydrogen-bond donors (Lipinski definition) is 1. The van der Waals surface area contributed by atoms with Crippen molar-refractivity contribution in [3.8, 4) is 0 Å². The van der Waals surface area contributed by atoms with Crippen LogP contribution in [0.25, 0.3) is 0 Å². The van der Waals surface area contributed by atoms with Gasteiger partial charge in [-0.2, -0.15) is 0 Å². The molecule has 2 aromatic carbocycles. The van der Waals surface area contributed by atoms with Gasteiger partial charge in [-0.25, -0.2) is 13.6 Å². The Labute approximate surface area is 134 Å². The van der Waals surface area contributed by atoms with E-state index >= 15 is 0 Å². The number of amides is 2. The van der Waals surface area contributed by atoms with Crippen LogP contribution in [0.15, 0.2) is 42.5 Å². The van der Waals surface area contributed by atoms with Crippen molar-refractivity contribution in [2.45, 2.75) is 26.3 Å². The highest BCUT2D eigenvalue weighted by molar-refractivity contribution is 5.89. The maximum absolute atomic E-state index is 13.2. The molecule has 0 aromatic heterocycles. The van der Waals surface area contributed by atoms with Gasteiger partial charge in [0.25, 0.3) is 0 Å². The Morgan fingerprint density at radius 3 is 2.30 bits per heavy atom. The Balaban J connectivity index is 1.95. The molecule has 3 nitrogen and oxygen atoms in total. The number of benzene rings is 2. The van der Waals surface area contributed by atoms with Crippen molar-refractivity contribution >= 4 is 11.7 Å². The van der Waals surface area contributed by atoms with Crippen molar-refractivity contribution in [1.82, 2.24) is 4.90 Å². The molecule has 2 amide bonds. The van der Waals surface area contributed by atoms with Crippen LogP contribution in [0.2, 0.25) is 0 Å². The zero-order valence-electron chi connectivity index (χ0n) is 13.3. The van der Waals surface area contributed by atoms with E-state index in [2.05, 4.69) is 12.2 Å². The number of anilines is 1. The quantitative estimate of drug-likeness (QED) is 0.860. The summed E-state index contributed by atoms with van der Waals surface area (Å²) >= 11 is 0. The summed E-state index contributed by atoms with van der Waals surface area (Å²) in [6.45, 7) is 2.31. The van der Waals surface area contributed by atoms with Crippen LogP contribution in [0, 0.1) is 11.6 Å². The molecule has 0 aliphatic carbocycles. The molecule has 0 saturated heterocycles. The number of aryl methyl sites for hydroxylation is 1. The molecule has 2 rings (SSSR count). The number of carbonyl (C=O) groups excluding carboxylic acids is 1. The summed E-state index contributed by atoms with van der Waals surface area (Å²) in [4.78, 5) is 13.5. The minimum absolute atomic E-state index is 0.191. The molecule has 5 heteroatoms. The van der Waals surface area contributed by atoms with Gasteiger partial charge >= 0.3 is 6.03 Å². The Kier molecular flexibility index (Phi) is 5.68. The summed E-state index contributed by atoms with van der Waals surface area (Å²) in [5.41, 5.74) is 2.45. The minimum atomic E-state index is -0.914. The Bertz CT molecular complexity index is 671. The molecule has 0 unspecified atom stereocenters. The fraction of sp³-hybridized carbons (Fsp3) is 0.278. The average molecular weight is 318 g/mol. The first kappa shape index (κ1) is 16.9. The third-order valence-electron chi connectivity index (χ3n) is 3.49. The van der Waals surface area contributed by atoms with Crippen molar-refractivity contribution in [2.75, 3.05) is 12.4 Å². The first-order valence-corrected chi connectivity index (χ1v) is 7.54. The third kappa shape index (κ3) is 4.77. The zero-order chi connectivity index (χ0) is 16.8. The second-order valence-electron chi connectivity index (χ2n) is 5.48. The van der Waals surface area contributed by atoms with E-state index in [4.69, 9.17) is 0 Å². The number of hydrogen-bond acceptors (Lipinski definition) is 1. The van der Waals surface area contributed by atoms with Crippen LogP contribution in [-0.2, 0) is 13.0 Å². The number of halogens is 2. The summed E-state index contributed by atoms with van der Waals surface area (Å²) in [6.07, 6.45) is 2.08. The van der Waals surface area contributed by atoms with E-state index in [0.717, 1.165) is 25.0 Å². The van der Waals surface area contributed by atoms with E-state index in [1.807, 2.05) is 24.3 Å². The van der Waals surface area contributed by atoms with Gasteiger partial charge in [0.2, 0.25) is 0 Å². The van der Waals surface area contributed by atoms with Crippen LogP contribution in [0.3, 0.4) is 0 Å². The maximum Gasteiger partial charge on any atom is 0.321 e. The van der Waals surface area contributed by atoms with E-state index < -0.39 is 11.6 Å². The number of rotatable bonds is 5. The Morgan fingerprint density at radius 2 is 1.70 bits per heavy atom. The van der Waals surface area contributed by atoms with Gasteiger partial charge in [0.1, 0.15) is 0 Å². The first-order chi connectivity index (χ1) is 11.0. The summed E-state index contributed by atoms with van der Waals surface area (Å²) in [6, 6.07) is 11.0. The van der Waals surface area contributed by atoms with Crippen molar-refractivity contribution < 1.29 is 13.6 Å². The maximum atomic E-state index is 13.2. The number of urea groups is 1. The molecule has 0 aliphatic rings.